The van der Waals surface area contributed by atoms with Gasteiger partial charge in [-0.1, -0.05) is 18.2 Å². The highest BCUT2D eigenvalue weighted by Crippen LogP contribution is 2.38. The van der Waals surface area contributed by atoms with Crippen molar-refractivity contribution in [2.75, 3.05) is 40.4 Å². The summed E-state index contributed by atoms with van der Waals surface area (Å²) >= 11 is 3.61. The lowest BCUT2D eigenvalue weighted by Crippen LogP contribution is -2.48. The van der Waals surface area contributed by atoms with Gasteiger partial charge in [0.1, 0.15) is 0 Å². The monoisotopic (exact) mass is 482 g/mol. The Labute approximate surface area is 181 Å². The van der Waals surface area contributed by atoms with Gasteiger partial charge in [-0.15, -0.1) is 0 Å². The lowest BCUT2D eigenvalue weighted by molar-refractivity contribution is 0.181. The Bertz CT molecular complexity index is 986. The second kappa shape index (κ2) is 9.04. The zero-order valence-corrected chi connectivity index (χ0v) is 19.6. The summed E-state index contributed by atoms with van der Waals surface area (Å²) in [4.78, 5) is 2.66. The van der Waals surface area contributed by atoms with E-state index in [1.807, 2.05) is 38.1 Å². The fraction of sp³-hybridized carbons (Fsp3) is 0.429. The molecule has 1 saturated heterocycles. The molecule has 0 N–H and O–H groups in total. The van der Waals surface area contributed by atoms with E-state index in [9.17, 15) is 8.42 Å². The van der Waals surface area contributed by atoms with E-state index in [-0.39, 0.29) is 0 Å². The van der Waals surface area contributed by atoms with Crippen LogP contribution in [-0.4, -0.2) is 58.0 Å². The van der Waals surface area contributed by atoms with Crippen molar-refractivity contribution in [3.05, 3.63) is 51.5 Å². The van der Waals surface area contributed by atoms with Crippen LogP contribution in [-0.2, 0) is 16.6 Å². The minimum atomic E-state index is -3.48. The molecule has 0 atom stereocenters. The van der Waals surface area contributed by atoms with Gasteiger partial charge in [-0.3, -0.25) is 4.90 Å². The fourth-order valence-electron chi connectivity index (χ4n) is 3.55. The van der Waals surface area contributed by atoms with Crippen LogP contribution in [0.2, 0.25) is 0 Å². The summed E-state index contributed by atoms with van der Waals surface area (Å²) in [6.45, 7) is 6.75. The molecule has 158 valence electrons. The number of hydrogen-bond acceptors (Lipinski definition) is 5. The molecule has 0 bridgehead atoms. The third kappa shape index (κ3) is 4.60. The molecule has 0 amide bonds. The number of aryl methyl sites for hydroxylation is 2. The van der Waals surface area contributed by atoms with Crippen LogP contribution in [0.1, 0.15) is 16.7 Å². The van der Waals surface area contributed by atoms with Crippen LogP contribution in [0.4, 0.5) is 0 Å². The van der Waals surface area contributed by atoms with Crippen molar-refractivity contribution >= 4 is 26.0 Å². The van der Waals surface area contributed by atoms with E-state index in [0.29, 0.717) is 49.1 Å². The molecule has 0 aliphatic carbocycles. The molecule has 0 spiro atoms. The first kappa shape index (κ1) is 22.1. The van der Waals surface area contributed by atoms with Gasteiger partial charge in [-0.2, -0.15) is 4.31 Å². The Morgan fingerprint density at radius 1 is 1.00 bits per heavy atom. The fourth-order valence-corrected chi connectivity index (χ4v) is 5.89. The predicted molar refractivity (Wildman–Crippen MR) is 117 cm³/mol. The number of sulfonamides is 1. The van der Waals surface area contributed by atoms with Crippen LogP contribution in [0.25, 0.3) is 0 Å². The van der Waals surface area contributed by atoms with Gasteiger partial charge in [0.2, 0.25) is 10.0 Å². The molecule has 1 aliphatic rings. The summed E-state index contributed by atoms with van der Waals surface area (Å²) in [5.74, 6) is 1.34. The van der Waals surface area contributed by atoms with E-state index in [4.69, 9.17) is 9.47 Å². The molecular weight excluding hydrogens is 456 g/mol. The Kier molecular flexibility index (Phi) is 6.88. The van der Waals surface area contributed by atoms with Crippen LogP contribution in [0.15, 0.2) is 39.7 Å². The first-order valence-electron chi connectivity index (χ1n) is 9.47. The van der Waals surface area contributed by atoms with Gasteiger partial charge < -0.3 is 9.47 Å². The van der Waals surface area contributed by atoms with Crippen LogP contribution < -0.4 is 9.47 Å². The summed E-state index contributed by atoms with van der Waals surface area (Å²) in [6.07, 6.45) is 0. The first-order valence-corrected chi connectivity index (χ1v) is 11.7. The molecule has 2 aromatic rings. The quantitative estimate of drug-likeness (QED) is 0.629. The summed E-state index contributed by atoms with van der Waals surface area (Å²) in [5, 5.41) is 0. The second-order valence-electron chi connectivity index (χ2n) is 7.22. The Morgan fingerprint density at radius 2 is 1.69 bits per heavy atom. The number of benzene rings is 2. The van der Waals surface area contributed by atoms with Gasteiger partial charge in [-0.05, 0) is 58.6 Å². The molecule has 29 heavy (non-hydrogen) atoms. The van der Waals surface area contributed by atoms with Gasteiger partial charge in [0.15, 0.2) is 11.5 Å². The molecule has 0 unspecified atom stereocenters. The van der Waals surface area contributed by atoms with E-state index in [0.717, 1.165) is 21.2 Å². The van der Waals surface area contributed by atoms with Crippen molar-refractivity contribution in [1.82, 2.24) is 9.21 Å². The van der Waals surface area contributed by atoms with Crippen molar-refractivity contribution in [2.24, 2.45) is 0 Å². The second-order valence-corrected chi connectivity index (χ2v) is 9.92. The van der Waals surface area contributed by atoms with E-state index in [2.05, 4.69) is 20.8 Å². The maximum absolute atomic E-state index is 13.1. The lowest BCUT2D eigenvalue weighted by atomic mass is 10.1. The number of nitrogens with zero attached hydrogens (tertiary/aromatic N) is 2. The Hall–Kier alpha value is -1.61. The number of ether oxygens (including phenoxy) is 2. The average Bonchev–Trinajstić information content (AvgIpc) is 2.71. The van der Waals surface area contributed by atoms with Crippen LogP contribution in [0, 0.1) is 13.8 Å². The largest absolute Gasteiger partial charge is 0.493 e. The molecule has 2 aromatic carbocycles. The number of halogens is 1. The summed E-state index contributed by atoms with van der Waals surface area (Å²) in [6, 6.07) is 9.46. The predicted octanol–water partition coefficient (Wildman–Crippen LogP) is 3.59. The number of piperazine rings is 1. The van der Waals surface area contributed by atoms with Gasteiger partial charge in [0, 0.05) is 32.7 Å². The van der Waals surface area contributed by atoms with Crippen LogP contribution in [0.5, 0.6) is 11.5 Å². The van der Waals surface area contributed by atoms with Crippen molar-refractivity contribution in [3.63, 3.8) is 0 Å². The Balaban J connectivity index is 1.70. The normalized spacial score (nSPS) is 16.0. The van der Waals surface area contributed by atoms with E-state index in [1.54, 1.807) is 24.6 Å². The first-order chi connectivity index (χ1) is 13.8. The molecule has 1 fully saturated rings. The third-order valence-electron chi connectivity index (χ3n) is 5.25. The van der Waals surface area contributed by atoms with Gasteiger partial charge in [0.05, 0.1) is 23.6 Å². The summed E-state index contributed by atoms with van der Waals surface area (Å²) in [7, 11) is -0.253. The SMILES string of the molecule is COc1ccc(CN2CCN(S(=O)(=O)c3cc(C)ccc3C)CC2)c(Br)c1OC. The van der Waals surface area contributed by atoms with E-state index < -0.39 is 10.0 Å². The molecule has 8 heteroatoms. The minimum absolute atomic E-state index is 0.411. The molecule has 0 radical (unpaired) electrons. The number of methoxy groups -OCH3 is 2. The summed E-state index contributed by atoms with van der Waals surface area (Å²) < 4.78 is 39.4. The highest BCUT2D eigenvalue weighted by molar-refractivity contribution is 9.10. The molecule has 6 nitrogen and oxygen atoms in total. The zero-order valence-electron chi connectivity index (χ0n) is 17.2. The number of hydrogen-bond donors (Lipinski definition) is 0. The van der Waals surface area contributed by atoms with Gasteiger partial charge in [0.25, 0.3) is 0 Å². The maximum Gasteiger partial charge on any atom is 0.243 e. The summed E-state index contributed by atoms with van der Waals surface area (Å²) in [5.41, 5.74) is 2.81. The van der Waals surface area contributed by atoms with Crippen molar-refractivity contribution in [2.45, 2.75) is 25.3 Å². The van der Waals surface area contributed by atoms with E-state index in [1.165, 1.54) is 0 Å². The Morgan fingerprint density at radius 3 is 2.31 bits per heavy atom. The number of rotatable bonds is 6. The molecule has 0 saturated carbocycles. The molecule has 0 aromatic heterocycles. The van der Waals surface area contributed by atoms with E-state index >= 15 is 0 Å². The van der Waals surface area contributed by atoms with Crippen molar-refractivity contribution in [1.29, 1.82) is 0 Å². The van der Waals surface area contributed by atoms with Crippen LogP contribution in [0.3, 0.4) is 0 Å². The maximum atomic E-state index is 13.1. The standard InChI is InChI=1S/C21H27BrN2O4S/c1-15-5-6-16(2)19(13-15)29(25,26)24-11-9-23(10-12-24)14-17-7-8-18(27-3)21(28-4)20(17)22/h5-8,13H,9-12,14H2,1-4H3. The zero-order chi connectivity index (χ0) is 21.2. The smallest absolute Gasteiger partial charge is 0.243 e. The van der Waals surface area contributed by atoms with Crippen LogP contribution >= 0.6 is 15.9 Å². The van der Waals surface area contributed by atoms with Gasteiger partial charge in [-0.25, -0.2) is 8.42 Å². The minimum Gasteiger partial charge on any atom is -0.493 e. The van der Waals surface area contributed by atoms with Crippen molar-refractivity contribution in [3.8, 4) is 11.5 Å². The molecule has 3 rings (SSSR count). The van der Waals surface area contributed by atoms with Crippen molar-refractivity contribution < 1.29 is 17.9 Å². The highest BCUT2D eigenvalue weighted by Gasteiger charge is 2.30. The third-order valence-corrected chi connectivity index (χ3v) is 8.16. The molecule has 1 heterocycles. The molecular formula is C21H27BrN2O4S. The molecule has 1 aliphatic heterocycles. The topological polar surface area (TPSA) is 59.1 Å². The lowest BCUT2D eigenvalue weighted by Gasteiger charge is -2.34. The average molecular weight is 483 g/mol. The van der Waals surface area contributed by atoms with Gasteiger partial charge >= 0.3 is 0 Å². The highest BCUT2D eigenvalue weighted by atomic mass is 79.9.